The van der Waals surface area contributed by atoms with E-state index < -0.39 is 0 Å². The quantitative estimate of drug-likeness (QED) is 0.750. The third kappa shape index (κ3) is 4.77. The SMILES string of the molecule is CC(C#N)OCCOc1ccc(C(C)(C)C)cc1. The third-order valence-electron chi connectivity index (χ3n) is 2.62. The fourth-order valence-corrected chi connectivity index (χ4v) is 1.47. The van der Waals surface area contributed by atoms with Gasteiger partial charge in [-0.05, 0) is 30.0 Å². The summed E-state index contributed by atoms with van der Waals surface area (Å²) in [6.45, 7) is 9.15. The molecule has 0 heterocycles. The number of nitriles is 1. The maximum absolute atomic E-state index is 8.54. The first-order valence-electron chi connectivity index (χ1n) is 6.18. The Morgan fingerprint density at radius 3 is 2.28 bits per heavy atom. The molecule has 0 fully saturated rings. The van der Waals surface area contributed by atoms with Gasteiger partial charge in [0.2, 0.25) is 0 Å². The van der Waals surface area contributed by atoms with E-state index in [1.165, 1.54) is 5.56 Å². The first kappa shape index (κ1) is 14.5. The Morgan fingerprint density at radius 2 is 1.78 bits per heavy atom. The van der Waals surface area contributed by atoms with Crippen LogP contribution in [-0.2, 0) is 10.2 Å². The molecule has 0 saturated heterocycles. The smallest absolute Gasteiger partial charge is 0.141 e. The van der Waals surface area contributed by atoms with Crippen molar-refractivity contribution in [3.05, 3.63) is 29.8 Å². The van der Waals surface area contributed by atoms with Crippen LogP contribution in [0.5, 0.6) is 5.75 Å². The molecular weight excluding hydrogens is 226 g/mol. The molecule has 0 aliphatic rings. The van der Waals surface area contributed by atoms with Crippen LogP contribution in [0.25, 0.3) is 0 Å². The van der Waals surface area contributed by atoms with Gasteiger partial charge in [-0.3, -0.25) is 0 Å². The number of hydrogen-bond donors (Lipinski definition) is 0. The Labute approximate surface area is 109 Å². The van der Waals surface area contributed by atoms with Crippen LogP contribution in [0.4, 0.5) is 0 Å². The molecule has 0 saturated carbocycles. The lowest BCUT2D eigenvalue weighted by Crippen LogP contribution is -2.13. The Kier molecular flexibility index (Phi) is 5.18. The molecular formula is C15H21NO2. The van der Waals surface area contributed by atoms with E-state index in [1.807, 2.05) is 18.2 Å². The van der Waals surface area contributed by atoms with E-state index in [-0.39, 0.29) is 11.5 Å². The molecule has 0 aliphatic heterocycles. The molecule has 1 rings (SSSR count). The number of rotatable bonds is 5. The van der Waals surface area contributed by atoms with Gasteiger partial charge in [-0.1, -0.05) is 32.9 Å². The summed E-state index contributed by atoms with van der Waals surface area (Å²) in [5.74, 6) is 0.830. The van der Waals surface area contributed by atoms with Gasteiger partial charge in [0.25, 0.3) is 0 Å². The average molecular weight is 247 g/mol. The van der Waals surface area contributed by atoms with Gasteiger partial charge in [0.1, 0.15) is 18.5 Å². The van der Waals surface area contributed by atoms with Crippen molar-refractivity contribution in [2.75, 3.05) is 13.2 Å². The molecule has 0 aromatic heterocycles. The molecule has 0 bridgehead atoms. The molecule has 0 aliphatic carbocycles. The molecule has 3 heteroatoms. The average Bonchev–Trinajstić information content (AvgIpc) is 2.33. The van der Waals surface area contributed by atoms with Crippen LogP contribution in [0.15, 0.2) is 24.3 Å². The second-order valence-electron chi connectivity index (χ2n) is 5.26. The zero-order valence-corrected chi connectivity index (χ0v) is 11.6. The summed E-state index contributed by atoms with van der Waals surface area (Å²) in [7, 11) is 0. The zero-order chi connectivity index (χ0) is 13.6. The standard InChI is InChI=1S/C15H21NO2/c1-12(11-16)17-9-10-18-14-7-5-13(6-8-14)15(2,3)4/h5-8,12H,9-10H2,1-4H3. The van der Waals surface area contributed by atoms with Gasteiger partial charge in [0.05, 0.1) is 12.7 Å². The summed E-state index contributed by atoms with van der Waals surface area (Å²) in [6, 6.07) is 10.1. The van der Waals surface area contributed by atoms with Crippen LogP contribution in [-0.4, -0.2) is 19.3 Å². The van der Waals surface area contributed by atoms with E-state index in [2.05, 4.69) is 32.9 Å². The Hall–Kier alpha value is -1.53. The highest BCUT2D eigenvalue weighted by molar-refractivity contribution is 5.31. The number of ether oxygens (including phenoxy) is 2. The first-order chi connectivity index (χ1) is 8.43. The Bertz CT molecular complexity index is 398. The van der Waals surface area contributed by atoms with Crippen LogP contribution >= 0.6 is 0 Å². The van der Waals surface area contributed by atoms with Gasteiger partial charge in [0, 0.05) is 0 Å². The molecule has 1 aromatic carbocycles. The van der Waals surface area contributed by atoms with Crippen molar-refractivity contribution in [3.63, 3.8) is 0 Å². The zero-order valence-electron chi connectivity index (χ0n) is 11.6. The van der Waals surface area contributed by atoms with E-state index in [0.29, 0.717) is 13.2 Å². The van der Waals surface area contributed by atoms with Crippen molar-refractivity contribution in [1.82, 2.24) is 0 Å². The van der Waals surface area contributed by atoms with Crippen molar-refractivity contribution < 1.29 is 9.47 Å². The van der Waals surface area contributed by atoms with Gasteiger partial charge < -0.3 is 9.47 Å². The summed E-state index contributed by atoms with van der Waals surface area (Å²) < 4.78 is 10.7. The van der Waals surface area contributed by atoms with Gasteiger partial charge in [-0.25, -0.2) is 0 Å². The van der Waals surface area contributed by atoms with Gasteiger partial charge in [-0.2, -0.15) is 5.26 Å². The minimum atomic E-state index is -0.378. The van der Waals surface area contributed by atoms with Crippen molar-refractivity contribution in [2.45, 2.75) is 39.2 Å². The lowest BCUT2D eigenvalue weighted by Gasteiger charge is -2.19. The van der Waals surface area contributed by atoms with E-state index in [0.717, 1.165) is 5.75 Å². The van der Waals surface area contributed by atoms with Crippen LogP contribution in [0.2, 0.25) is 0 Å². The van der Waals surface area contributed by atoms with E-state index in [1.54, 1.807) is 6.92 Å². The molecule has 1 aromatic rings. The van der Waals surface area contributed by atoms with Crippen molar-refractivity contribution in [3.8, 4) is 11.8 Å². The first-order valence-corrected chi connectivity index (χ1v) is 6.18. The highest BCUT2D eigenvalue weighted by Crippen LogP contribution is 2.24. The summed E-state index contributed by atoms with van der Waals surface area (Å²) in [4.78, 5) is 0. The molecule has 3 nitrogen and oxygen atoms in total. The normalized spacial score (nSPS) is 12.8. The van der Waals surface area contributed by atoms with Crippen LogP contribution in [0.3, 0.4) is 0 Å². The van der Waals surface area contributed by atoms with Crippen LogP contribution < -0.4 is 4.74 Å². The van der Waals surface area contributed by atoms with Crippen molar-refractivity contribution in [2.24, 2.45) is 0 Å². The monoisotopic (exact) mass is 247 g/mol. The topological polar surface area (TPSA) is 42.2 Å². The molecule has 98 valence electrons. The second-order valence-corrected chi connectivity index (χ2v) is 5.26. The summed E-state index contributed by atoms with van der Waals surface area (Å²) in [5, 5.41) is 8.54. The van der Waals surface area contributed by atoms with E-state index in [9.17, 15) is 0 Å². The van der Waals surface area contributed by atoms with E-state index in [4.69, 9.17) is 14.7 Å². The molecule has 0 amide bonds. The summed E-state index contributed by atoms with van der Waals surface area (Å²) in [5.41, 5.74) is 1.44. The van der Waals surface area contributed by atoms with Crippen LogP contribution in [0.1, 0.15) is 33.3 Å². The number of benzene rings is 1. The van der Waals surface area contributed by atoms with Crippen molar-refractivity contribution >= 4 is 0 Å². The minimum absolute atomic E-state index is 0.157. The fraction of sp³-hybridized carbons (Fsp3) is 0.533. The van der Waals surface area contributed by atoms with Crippen molar-refractivity contribution in [1.29, 1.82) is 5.26 Å². The van der Waals surface area contributed by atoms with Gasteiger partial charge in [-0.15, -0.1) is 0 Å². The highest BCUT2D eigenvalue weighted by Gasteiger charge is 2.12. The van der Waals surface area contributed by atoms with E-state index >= 15 is 0 Å². The minimum Gasteiger partial charge on any atom is -0.491 e. The molecule has 18 heavy (non-hydrogen) atoms. The molecule has 1 unspecified atom stereocenters. The number of hydrogen-bond acceptors (Lipinski definition) is 3. The lowest BCUT2D eigenvalue weighted by atomic mass is 9.87. The number of nitrogens with zero attached hydrogens (tertiary/aromatic N) is 1. The predicted molar refractivity (Wildman–Crippen MR) is 71.7 cm³/mol. The largest absolute Gasteiger partial charge is 0.491 e. The third-order valence-corrected chi connectivity index (χ3v) is 2.62. The summed E-state index contributed by atoms with van der Waals surface area (Å²) >= 11 is 0. The maximum Gasteiger partial charge on any atom is 0.141 e. The van der Waals surface area contributed by atoms with Gasteiger partial charge in [0.15, 0.2) is 0 Å². The predicted octanol–water partition coefficient (Wildman–Crippen LogP) is 3.29. The maximum atomic E-state index is 8.54. The Morgan fingerprint density at radius 1 is 1.17 bits per heavy atom. The fourth-order valence-electron chi connectivity index (χ4n) is 1.47. The Balaban J connectivity index is 2.39. The molecule has 1 atom stereocenters. The molecule has 0 N–H and O–H groups in total. The highest BCUT2D eigenvalue weighted by atomic mass is 16.5. The summed E-state index contributed by atoms with van der Waals surface area (Å²) in [6.07, 6.45) is -0.378. The van der Waals surface area contributed by atoms with Gasteiger partial charge >= 0.3 is 0 Å². The van der Waals surface area contributed by atoms with Crippen LogP contribution in [0, 0.1) is 11.3 Å². The molecule has 0 radical (unpaired) electrons. The molecule has 0 spiro atoms. The lowest BCUT2D eigenvalue weighted by molar-refractivity contribution is 0.0744. The second kappa shape index (κ2) is 6.42.